The number of aliphatic hydroxyl groups excluding tert-OH is 2. The quantitative estimate of drug-likeness (QED) is 0.0526. The summed E-state index contributed by atoms with van der Waals surface area (Å²) < 4.78 is 22.1. The van der Waals surface area contributed by atoms with Crippen LogP contribution in [0.1, 0.15) is 82.5 Å². The molecule has 0 fully saturated rings. The Morgan fingerprint density at radius 2 is 1.14 bits per heavy atom. The highest BCUT2D eigenvalue weighted by atomic mass is 16.6. The molecular weight excluding hydrogens is 745 g/mol. The van der Waals surface area contributed by atoms with Gasteiger partial charge in [0.05, 0.1) is 69.3 Å². The lowest BCUT2D eigenvalue weighted by atomic mass is 9.93. The average Bonchev–Trinajstić information content (AvgIpc) is 3.25. The van der Waals surface area contributed by atoms with Crippen molar-refractivity contribution in [1.82, 2.24) is 9.80 Å². The predicted molar refractivity (Wildman–Crippen MR) is 220 cm³/mol. The van der Waals surface area contributed by atoms with Crippen molar-refractivity contribution >= 4 is 23.2 Å². The van der Waals surface area contributed by atoms with E-state index >= 15 is 0 Å². The maximum atomic E-state index is 13.4. The lowest BCUT2D eigenvalue weighted by Crippen LogP contribution is -2.46. The number of aliphatic hydroxyl groups is 2. The molecule has 4 aromatic carbocycles. The van der Waals surface area contributed by atoms with Gasteiger partial charge in [0, 0.05) is 30.9 Å². The number of hydrogen-bond acceptors (Lipinski definition) is 11. The van der Waals surface area contributed by atoms with E-state index in [9.17, 15) is 29.9 Å². The van der Waals surface area contributed by atoms with Crippen LogP contribution >= 0.6 is 0 Å². The van der Waals surface area contributed by atoms with Gasteiger partial charge in [0.15, 0.2) is 23.0 Å². The van der Waals surface area contributed by atoms with Gasteiger partial charge in [0.25, 0.3) is 17.5 Å². The van der Waals surface area contributed by atoms with Crippen LogP contribution in [0.25, 0.3) is 0 Å². The molecule has 0 saturated heterocycles. The van der Waals surface area contributed by atoms with Gasteiger partial charge in [-0.25, -0.2) is 0 Å². The molecule has 0 aromatic heterocycles. The van der Waals surface area contributed by atoms with Crippen LogP contribution in [0.15, 0.2) is 72.8 Å². The van der Waals surface area contributed by atoms with E-state index in [1.165, 1.54) is 24.1 Å². The minimum absolute atomic E-state index is 0.0856. The summed E-state index contributed by atoms with van der Waals surface area (Å²) in [6.07, 6.45) is 4.76. The molecule has 4 N–H and O–H groups in total. The first-order valence-electron chi connectivity index (χ1n) is 19.7. The van der Waals surface area contributed by atoms with Crippen molar-refractivity contribution in [2.45, 2.75) is 77.5 Å². The minimum Gasteiger partial charge on any atom is -0.493 e. The Labute approximate surface area is 339 Å². The maximum absolute atomic E-state index is 13.4. The van der Waals surface area contributed by atoms with Crippen molar-refractivity contribution < 1.29 is 43.7 Å². The number of methoxy groups -OCH3 is 2. The fourth-order valence-corrected chi connectivity index (χ4v) is 7.12. The predicted octanol–water partition coefficient (Wildman–Crippen LogP) is 6.36. The van der Waals surface area contributed by atoms with E-state index in [0.29, 0.717) is 55.4 Å². The molecule has 2 aliphatic rings. The van der Waals surface area contributed by atoms with Crippen molar-refractivity contribution in [2.75, 3.05) is 46.4 Å². The Morgan fingerprint density at radius 1 is 0.707 bits per heavy atom. The summed E-state index contributed by atoms with van der Waals surface area (Å²) in [4.78, 5) is 40.9. The molecule has 0 bridgehead atoms. The zero-order chi connectivity index (χ0) is 41.8. The number of nitrogens with zero attached hydrogens (tertiary/aromatic N) is 3. The van der Waals surface area contributed by atoms with E-state index in [2.05, 4.69) is 6.92 Å². The smallest absolute Gasteiger partial charge is 0.286 e. The van der Waals surface area contributed by atoms with Crippen LogP contribution in [-0.2, 0) is 25.9 Å². The highest BCUT2D eigenvalue weighted by Crippen LogP contribution is 2.38. The molecular formula is C44H54N4O10. The summed E-state index contributed by atoms with van der Waals surface area (Å²) in [6.45, 7) is 5.44. The van der Waals surface area contributed by atoms with E-state index in [4.69, 9.17) is 24.7 Å². The Bertz CT molecular complexity index is 2060. The van der Waals surface area contributed by atoms with E-state index < -0.39 is 16.9 Å². The standard InChI is InChI=1S/C22H26N2O6.C22H28N2O4/c1-3-4-9-30-21-12-19(24(27)28)18(11-20(21)29-2)22(26)23-13-16-8-6-5-7-15(16)10-17(23)14-25;1-3-4-9-28-21-12-19(23)18(11-20(21)27-2)22(26)24-13-16-8-6-5-7-15(16)10-17(24)14-25/h5-8,11-12,17,25H,3-4,9-10,13-14H2,1-2H3;5-8,11-12,17,25H,3-4,9-10,13-14,23H2,1-2H3/t2*17-/m00/s1. The van der Waals surface area contributed by atoms with Crippen molar-refractivity contribution in [3.05, 3.63) is 116 Å². The van der Waals surface area contributed by atoms with Crippen molar-refractivity contribution in [1.29, 1.82) is 0 Å². The molecule has 310 valence electrons. The van der Waals surface area contributed by atoms with Gasteiger partial charge < -0.3 is 44.7 Å². The SMILES string of the molecule is CCCCOc1cc(N)c(C(=O)N2Cc3ccccc3C[C@H]2CO)cc1OC.CCCCOc1cc([N+](=O)[O-])c(C(=O)N2Cc3ccccc3C[C@H]2CO)cc1OC. The largest absolute Gasteiger partial charge is 0.493 e. The number of ether oxygens (including phenoxy) is 4. The minimum atomic E-state index is -0.592. The van der Waals surface area contributed by atoms with Crippen molar-refractivity contribution in [2.24, 2.45) is 0 Å². The highest BCUT2D eigenvalue weighted by Gasteiger charge is 2.35. The Kier molecular flexibility index (Phi) is 15.3. The summed E-state index contributed by atoms with van der Waals surface area (Å²) in [7, 11) is 2.97. The van der Waals surface area contributed by atoms with E-state index in [1.807, 2.05) is 55.5 Å². The molecule has 0 radical (unpaired) electrons. The Balaban J connectivity index is 0.000000221. The molecule has 2 amide bonds. The van der Waals surface area contributed by atoms with Gasteiger partial charge >= 0.3 is 0 Å². The number of benzene rings is 4. The second-order valence-corrected chi connectivity index (χ2v) is 14.3. The first-order chi connectivity index (χ1) is 28.1. The lowest BCUT2D eigenvalue weighted by Gasteiger charge is -2.36. The van der Waals surface area contributed by atoms with E-state index in [1.54, 1.807) is 24.1 Å². The number of carbonyl (C=O) groups excluding carboxylic acids is 2. The number of unbranched alkanes of at least 4 members (excludes halogenated alkanes) is 2. The molecule has 6 rings (SSSR count). The first-order valence-corrected chi connectivity index (χ1v) is 19.7. The zero-order valence-electron chi connectivity index (χ0n) is 33.6. The van der Waals surface area contributed by atoms with E-state index in [-0.39, 0.29) is 54.5 Å². The molecule has 2 atom stereocenters. The third kappa shape index (κ3) is 9.98. The highest BCUT2D eigenvalue weighted by molar-refractivity contribution is 6.00. The van der Waals surface area contributed by atoms with E-state index in [0.717, 1.165) is 47.9 Å². The van der Waals surface area contributed by atoms with Crippen molar-refractivity contribution in [3.8, 4) is 23.0 Å². The second kappa shape index (κ2) is 20.5. The molecule has 0 aliphatic carbocycles. The number of nitrogen functional groups attached to an aromatic ring is 1. The summed E-state index contributed by atoms with van der Waals surface area (Å²) in [6, 6.07) is 20.8. The van der Waals surface area contributed by atoms with Crippen LogP contribution in [0.3, 0.4) is 0 Å². The number of nitro groups is 1. The number of carbonyl (C=O) groups is 2. The zero-order valence-corrected chi connectivity index (χ0v) is 33.6. The molecule has 4 aromatic rings. The third-order valence-electron chi connectivity index (χ3n) is 10.4. The molecule has 58 heavy (non-hydrogen) atoms. The van der Waals surface area contributed by atoms with Crippen LogP contribution in [0, 0.1) is 10.1 Å². The molecule has 14 heteroatoms. The number of nitro benzene ring substituents is 1. The molecule has 14 nitrogen and oxygen atoms in total. The normalized spacial score (nSPS) is 15.6. The van der Waals surface area contributed by atoms with Gasteiger partial charge in [0.1, 0.15) is 5.56 Å². The van der Waals surface area contributed by atoms with Crippen LogP contribution < -0.4 is 24.7 Å². The Morgan fingerprint density at radius 3 is 1.57 bits per heavy atom. The van der Waals surface area contributed by atoms with Crippen LogP contribution in [0.5, 0.6) is 23.0 Å². The number of nitrogens with two attached hydrogens (primary N) is 1. The summed E-state index contributed by atoms with van der Waals surface area (Å²) >= 11 is 0. The van der Waals surface area contributed by atoms with Crippen LogP contribution in [0.4, 0.5) is 11.4 Å². The van der Waals surface area contributed by atoms with Crippen LogP contribution in [-0.4, -0.2) is 89.5 Å². The monoisotopic (exact) mass is 798 g/mol. The van der Waals surface area contributed by atoms with Crippen molar-refractivity contribution in [3.63, 3.8) is 0 Å². The summed E-state index contributed by atoms with van der Waals surface area (Å²) in [5, 5.41) is 31.4. The molecule has 0 saturated carbocycles. The molecule has 0 spiro atoms. The number of rotatable bonds is 15. The molecule has 2 heterocycles. The van der Waals surface area contributed by atoms with Gasteiger partial charge in [-0.2, -0.15) is 0 Å². The van der Waals surface area contributed by atoms with Gasteiger partial charge in [-0.05, 0) is 54.0 Å². The summed E-state index contributed by atoms with van der Waals surface area (Å²) in [5.74, 6) is 0.771. The summed E-state index contributed by atoms with van der Waals surface area (Å²) in [5.41, 5.74) is 10.7. The van der Waals surface area contributed by atoms with Gasteiger partial charge in [-0.3, -0.25) is 19.7 Å². The number of hydrogen-bond donors (Lipinski definition) is 3. The lowest BCUT2D eigenvalue weighted by molar-refractivity contribution is -0.385. The average molecular weight is 799 g/mol. The number of fused-ring (bicyclic) bond motifs is 2. The Hall–Kier alpha value is -5.86. The fourth-order valence-electron chi connectivity index (χ4n) is 7.12. The van der Waals surface area contributed by atoms with Gasteiger partial charge in [-0.1, -0.05) is 75.2 Å². The van der Waals surface area contributed by atoms with Gasteiger partial charge in [0.2, 0.25) is 0 Å². The third-order valence-corrected chi connectivity index (χ3v) is 10.4. The van der Waals surface area contributed by atoms with Gasteiger partial charge in [-0.15, -0.1) is 0 Å². The first kappa shape index (κ1) is 43.3. The maximum Gasteiger partial charge on any atom is 0.286 e. The number of amides is 2. The molecule has 0 unspecified atom stereocenters. The second-order valence-electron chi connectivity index (χ2n) is 14.3. The topological polar surface area (TPSA) is 187 Å². The molecule has 2 aliphatic heterocycles. The van der Waals surface area contributed by atoms with Crippen LogP contribution in [0.2, 0.25) is 0 Å². The number of anilines is 1. The fraction of sp³-hybridized carbons (Fsp3) is 0.409.